The number of benzene rings is 2. The number of carbonyl (C=O) groups excluding carboxylic acids is 1. The highest BCUT2D eigenvalue weighted by Crippen LogP contribution is 2.31. The fourth-order valence-corrected chi connectivity index (χ4v) is 2.57. The van der Waals surface area contributed by atoms with Crippen LogP contribution in [0.4, 0.5) is 4.39 Å². The largest absolute Gasteiger partial charge is 0.487 e. The summed E-state index contributed by atoms with van der Waals surface area (Å²) < 4.78 is 24.4. The normalized spacial score (nSPS) is 16.2. The number of aldehydes is 1. The molecule has 108 valence electrons. The molecule has 0 fully saturated rings. The summed E-state index contributed by atoms with van der Waals surface area (Å²) >= 11 is 6.03. The molecule has 21 heavy (non-hydrogen) atoms. The van der Waals surface area contributed by atoms with Crippen molar-refractivity contribution in [1.29, 1.82) is 0 Å². The number of fused-ring (bicyclic) bond motifs is 1. The van der Waals surface area contributed by atoms with Gasteiger partial charge in [-0.25, -0.2) is 4.39 Å². The second kappa shape index (κ2) is 5.74. The van der Waals surface area contributed by atoms with Gasteiger partial charge in [0.1, 0.15) is 30.0 Å². The van der Waals surface area contributed by atoms with Crippen LogP contribution in [0, 0.1) is 5.82 Å². The monoisotopic (exact) mass is 306 g/mol. The van der Waals surface area contributed by atoms with Crippen molar-refractivity contribution in [3.8, 4) is 11.5 Å². The molecular formula is C16H12ClFO3. The van der Waals surface area contributed by atoms with Crippen LogP contribution in [-0.4, -0.2) is 19.0 Å². The van der Waals surface area contributed by atoms with Gasteiger partial charge in [-0.3, -0.25) is 4.79 Å². The molecule has 0 saturated carbocycles. The summed E-state index contributed by atoms with van der Waals surface area (Å²) in [6.45, 7) is 0.237. The summed E-state index contributed by atoms with van der Waals surface area (Å²) in [6.07, 6.45) is 1.03. The topological polar surface area (TPSA) is 35.5 Å². The smallest absolute Gasteiger partial charge is 0.153 e. The molecule has 1 aliphatic rings. The summed E-state index contributed by atoms with van der Waals surface area (Å²) in [5.41, 5.74) is 1.21. The second-order valence-electron chi connectivity index (χ2n) is 4.78. The van der Waals surface area contributed by atoms with Crippen molar-refractivity contribution < 1.29 is 18.7 Å². The summed E-state index contributed by atoms with van der Waals surface area (Å²) in [7, 11) is 0. The van der Waals surface area contributed by atoms with Gasteiger partial charge in [-0.2, -0.15) is 0 Å². The molecule has 0 saturated heterocycles. The number of halogens is 2. The second-order valence-corrected chi connectivity index (χ2v) is 5.19. The molecule has 1 aliphatic heterocycles. The fraction of sp³-hybridized carbons (Fsp3) is 0.188. The minimum Gasteiger partial charge on any atom is -0.487 e. The van der Waals surface area contributed by atoms with Crippen LogP contribution in [0.1, 0.15) is 15.9 Å². The number of rotatable bonds is 4. The molecule has 1 atom stereocenters. The first-order chi connectivity index (χ1) is 10.2. The number of para-hydroxylation sites is 1. The van der Waals surface area contributed by atoms with Gasteiger partial charge in [-0.1, -0.05) is 17.7 Å². The lowest BCUT2D eigenvalue weighted by atomic mass is 10.1. The zero-order valence-electron chi connectivity index (χ0n) is 11.0. The number of hydrogen-bond donors (Lipinski definition) is 0. The lowest BCUT2D eigenvalue weighted by Crippen LogP contribution is -2.22. The van der Waals surface area contributed by atoms with Gasteiger partial charge in [0, 0.05) is 12.0 Å². The van der Waals surface area contributed by atoms with E-state index >= 15 is 0 Å². The highest BCUT2D eigenvalue weighted by atomic mass is 35.5. The maximum Gasteiger partial charge on any atom is 0.153 e. The van der Waals surface area contributed by atoms with Crippen molar-refractivity contribution in [2.75, 3.05) is 6.61 Å². The Balaban J connectivity index is 1.69. The maximum atomic E-state index is 13.1. The van der Waals surface area contributed by atoms with E-state index in [4.69, 9.17) is 21.1 Å². The molecule has 0 aromatic heterocycles. The molecule has 1 unspecified atom stereocenters. The van der Waals surface area contributed by atoms with E-state index in [0.717, 1.165) is 5.56 Å². The van der Waals surface area contributed by atoms with E-state index < -0.39 is 0 Å². The Kier molecular flexibility index (Phi) is 3.80. The Morgan fingerprint density at radius 3 is 3.05 bits per heavy atom. The molecule has 0 bridgehead atoms. The molecule has 2 aromatic rings. The first-order valence-electron chi connectivity index (χ1n) is 6.49. The van der Waals surface area contributed by atoms with Gasteiger partial charge in [-0.05, 0) is 30.3 Å². The fourth-order valence-electron chi connectivity index (χ4n) is 2.33. The van der Waals surface area contributed by atoms with Crippen LogP contribution in [0.15, 0.2) is 36.4 Å². The Labute approximate surface area is 126 Å². The Hall–Kier alpha value is -2.07. The summed E-state index contributed by atoms with van der Waals surface area (Å²) in [4.78, 5) is 11.0. The highest BCUT2D eigenvalue weighted by molar-refractivity contribution is 6.32. The lowest BCUT2D eigenvalue weighted by Gasteiger charge is -2.14. The molecule has 0 N–H and O–H groups in total. The third-order valence-corrected chi connectivity index (χ3v) is 3.60. The van der Waals surface area contributed by atoms with Crippen molar-refractivity contribution in [2.45, 2.75) is 12.5 Å². The summed E-state index contributed by atoms with van der Waals surface area (Å²) in [6, 6.07) is 9.40. The molecule has 0 spiro atoms. The van der Waals surface area contributed by atoms with Crippen molar-refractivity contribution in [3.05, 3.63) is 58.4 Å². The average Bonchev–Trinajstić information content (AvgIpc) is 2.87. The predicted octanol–water partition coefficient (Wildman–Crippen LogP) is 3.67. The van der Waals surface area contributed by atoms with E-state index in [0.29, 0.717) is 34.8 Å². The van der Waals surface area contributed by atoms with E-state index in [1.807, 2.05) is 0 Å². The first-order valence-corrected chi connectivity index (χ1v) is 6.87. The van der Waals surface area contributed by atoms with Gasteiger partial charge in [0.25, 0.3) is 0 Å². The van der Waals surface area contributed by atoms with Crippen LogP contribution < -0.4 is 9.47 Å². The number of carbonyl (C=O) groups is 1. The molecule has 0 radical (unpaired) electrons. The molecule has 1 heterocycles. The molecule has 3 rings (SSSR count). The van der Waals surface area contributed by atoms with Crippen LogP contribution in [0.3, 0.4) is 0 Å². The minimum absolute atomic E-state index is 0.224. The predicted molar refractivity (Wildman–Crippen MR) is 76.9 cm³/mol. The average molecular weight is 307 g/mol. The van der Waals surface area contributed by atoms with Crippen LogP contribution in [0.5, 0.6) is 11.5 Å². The molecular weight excluding hydrogens is 295 g/mol. The van der Waals surface area contributed by atoms with E-state index in [1.54, 1.807) is 24.3 Å². The van der Waals surface area contributed by atoms with Crippen LogP contribution >= 0.6 is 11.6 Å². The molecule has 2 aromatic carbocycles. The van der Waals surface area contributed by atoms with Gasteiger partial charge in [0.05, 0.1) is 10.6 Å². The van der Waals surface area contributed by atoms with Crippen LogP contribution in [0.2, 0.25) is 5.02 Å². The zero-order chi connectivity index (χ0) is 14.8. The van der Waals surface area contributed by atoms with E-state index in [9.17, 15) is 9.18 Å². The number of ether oxygens (including phenoxy) is 2. The zero-order valence-corrected chi connectivity index (χ0v) is 11.8. The van der Waals surface area contributed by atoms with Crippen LogP contribution in [0.25, 0.3) is 0 Å². The van der Waals surface area contributed by atoms with Gasteiger partial charge in [0.15, 0.2) is 6.29 Å². The van der Waals surface area contributed by atoms with Gasteiger partial charge in [-0.15, -0.1) is 0 Å². The van der Waals surface area contributed by atoms with Crippen molar-refractivity contribution in [2.24, 2.45) is 0 Å². The van der Waals surface area contributed by atoms with E-state index in [-0.39, 0.29) is 18.5 Å². The Morgan fingerprint density at radius 2 is 2.24 bits per heavy atom. The van der Waals surface area contributed by atoms with Gasteiger partial charge in [0.2, 0.25) is 0 Å². The third-order valence-electron chi connectivity index (χ3n) is 3.30. The number of hydrogen-bond acceptors (Lipinski definition) is 3. The molecule has 5 heteroatoms. The Morgan fingerprint density at radius 1 is 1.38 bits per heavy atom. The van der Waals surface area contributed by atoms with Crippen LogP contribution in [-0.2, 0) is 6.42 Å². The van der Waals surface area contributed by atoms with E-state index in [1.165, 1.54) is 12.1 Å². The van der Waals surface area contributed by atoms with Crippen molar-refractivity contribution in [1.82, 2.24) is 0 Å². The summed E-state index contributed by atoms with van der Waals surface area (Å²) in [5.74, 6) is 0.730. The first kappa shape index (κ1) is 13.9. The highest BCUT2D eigenvalue weighted by Gasteiger charge is 2.24. The Bertz CT molecular complexity index is 687. The lowest BCUT2D eigenvalue weighted by molar-refractivity contribution is 0.111. The van der Waals surface area contributed by atoms with Gasteiger partial charge >= 0.3 is 0 Å². The molecule has 0 amide bonds. The summed E-state index contributed by atoms with van der Waals surface area (Å²) in [5, 5.41) is 0.376. The third kappa shape index (κ3) is 2.85. The quantitative estimate of drug-likeness (QED) is 0.808. The maximum absolute atomic E-state index is 13.1. The van der Waals surface area contributed by atoms with Gasteiger partial charge < -0.3 is 9.47 Å². The minimum atomic E-state index is -0.284. The SMILES string of the molecule is O=Cc1cccc(Cl)c1OCC1Cc2cc(F)ccc2O1. The molecule has 3 nitrogen and oxygen atoms in total. The molecule has 0 aliphatic carbocycles. The van der Waals surface area contributed by atoms with E-state index in [2.05, 4.69) is 0 Å². The van der Waals surface area contributed by atoms with Crippen molar-refractivity contribution >= 4 is 17.9 Å². The van der Waals surface area contributed by atoms with Crippen molar-refractivity contribution in [3.63, 3.8) is 0 Å². The standard InChI is InChI=1S/C16H12ClFO3/c17-14-3-1-2-10(8-19)16(14)20-9-13-7-11-6-12(18)4-5-15(11)21-13/h1-6,8,13H,7,9H2.